The molecule has 9 aromatic rings. The van der Waals surface area contributed by atoms with E-state index in [1.54, 1.807) is 0 Å². The zero-order valence-corrected chi connectivity index (χ0v) is 28.8. The van der Waals surface area contributed by atoms with Crippen molar-refractivity contribution in [2.24, 2.45) is 9.98 Å². The molecular weight excluding hydrogens is 647 g/mol. The minimum atomic E-state index is -0.494. The van der Waals surface area contributed by atoms with Gasteiger partial charge in [0.25, 0.3) is 0 Å². The molecule has 1 aliphatic rings. The lowest BCUT2D eigenvalue weighted by Gasteiger charge is -2.24. The molecule has 2 heterocycles. The molecule has 1 unspecified atom stereocenters. The second-order valence-electron chi connectivity index (χ2n) is 13.4. The van der Waals surface area contributed by atoms with Crippen LogP contribution in [0.25, 0.3) is 66.1 Å². The third kappa shape index (κ3) is 5.67. The van der Waals surface area contributed by atoms with Crippen LogP contribution in [0.15, 0.2) is 202 Å². The smallest absolute Gasteiger partial charge is 0.169 e. The first-order valence-electron chi connectivity index (χ1n) is 17.9. The molecule has 0 amide bonds. The summed E-state index contributed by atoms with van der Waals surface area (Å²) in [6, 6.07) is 65.8. The predicted molar refractivity (Wildman–Crippen MR) is 219 cm³/mol. The van der Waals surface area contributed by atoms with Gasteiger partial charge in [-0.3, -0.25) is 0 Å². The lowest BCUT2D eigenvalue weighted by atomic mass is 9.92. The number of benzene rings is 8. The zero-order chi connectivity index (χ0) is 35.1. The van der Waals surface area contributed by atoms with Gasteiger partial charge in [-0.1, -0.05) is 158 Å². The quantitative estimate of drug-likeness (QED) is 0.190. The van der Waals surface area contributed by atoms with Gasteiger partial charge < -0.3 is 9.73 Å². The van der Waals surface area contributed by atoms with E-state index in [0.717, 1.165) is 72.6 Å². The molecular formula is C49H33N3O. The normalized spacial score (nSPS) is 14.2. The third-order valence-electron chi connectivity index (χ3n) is 10.1. The SMILES string of the molecule is c1ccc(C2=NC(c3ccc(-c4ccccc4)c(-c4ccccc4)c3)N=C(c3cc(-c4ccc5ccccc5c4)cc4oc5ccccc5c34)N2)cc1. The molecule has 10 rings (SSSR count). The molecule has 250 valence electrons. The first-order valence-corrected chi connectivity index (χ1v) is 17.9. The average molecular weight is 680 g/mol. The van der Waals surface area contributed by atoms with E-state index in [1.165, 1.54) is 21.9 Å². The number of hydrogen-bond acceptors (Lipinski definition) is 4. The van der Waals surface area contributed by atoms with Gasteiger partial charge in [0.05, 0.1) is 0 Å². The molecule has 8 aromatic carbocycles. The molecule has 0 saturated carbocycles. The Morgan fingerprint density at radius 1 is 0.396 bits per heavy atom. The standard InChI is InChI=1S/C49H33N3O/c1-4-15-33(16-5-1)40-27-26-38(29-42(40)34-17-6-2-7-18-34)48-50-47(35-19-8-3-9-20-35)51-49(52-48)43-30-39(37-25-24-32-14-10-11-21-36(32)28-37)31-45-46(43)41-22-12-13-23-44(41)53-45/h1-31,48H,(H,50,51,52). The Morgan fingerprint density at radius 2 is 1.04 bits per heavy atom. The molecule has 1 aromatic heterocycles. The maximum absolute atomic E-state index is 6.56. The Balaban J connectivity index is 1.19. The van der Waals surface area contributed by atoms with Crippen LogP contribution in [0.4, 0.5) is 0 Å². The fourth-order valence-corrected chi connectivity index (χ4v) is 7.50. The van der Waals surface area contributed by atoms with Crippen LogP contribution in [0.2, 0.25) is 0 Å². The molecule has 0 bridgehead atoms. The fourth-order valence-electron chi connectivity index (χ4n) is 7.50. The second kappa shape index (κ2) is 12.9. The van der Waals surface area contributed by atoms with Gasteiger partial charge in [0.15, 0.2) is 6.17 Å². The lowest BCUT2D eigenvalue weighted by Crippen LogP contribution is -2.36. The van der Waals surface area contributed by atoms with Gasteiger partial charge in [0.1, 0.15) is 22.8 Å². The number of nitrogens with one attached hydrogen (secondary N) is 1. The molecule has 0 fully saturated rings. The largest absolute Gasteiger partial charge is 0.456 e. The highest BCUT2D eigenvalue weighted by Gasteiger charge is 2.25. The second-order valence-corrected chi connectivity index (χ2v) is 13.4. The van der Waals surface area contributed by atoms with Crippen LogP contribution >= 0.6 is 0 Å². The monoisotopic (exact) mass is 679 g/mol. The predicted octanol–water partition coefficient (Wildman–Crippen LogP) is 12.2. The molecule has 0 saturated heterocycles. The van der Waals surface area contributed by atoms with Crippen LogP contribution < -0.4 is 5.32 Å². The molecule has 1 atom stereocenters. The maximum Gasteiger partial charge on any atom is 0.169 e. The summed E-state index contributed by atoms with van der Waals surface area (Å²) in [5.74, 6) is 1.52. The van der Waals surface area contributed by atoms with Crippen LogP contribution in [0.1, 0.15) is 22.9 Å². The van der Waals surface area contributed by atoms with E-state index < -0.39 is 6.17 Å². The summed E-state index contributed by atoms with van der Waals surface area (Å²) < 4.78 is 6.56. The number of rotatable bonds is 6. The van der Waals surface area contributed by atoms with Crippen LogP contribution in [-0.4, -0.2) is 11.7 Å². The molecule has 53 heavy (non-hydrogen) atoms. The van der Waals surface area contributed by atoms with Gasteiger partial charge in [-0.25, -0.2) is 9.98 Å². The van der Waals surface area contributed by atoms with Gasteiger partial charge in [-0.2, -0.15) is 0 Å². The Hall–Kier alpha value is -7.04. The summed E-state index contributed by atoms with van der Waals surface area (Å²) in [6.45, 7) is 0. The molecule has 4 nitrogen and oxygen atoms in total. The summed E-state index contributed by atoms with van der Waals surface area (Å²) in [7, 11) is 0. The minimum absolute atomic E-state index is 0.494. The van der Waals surface area contributed by atoms with Gasteiger partial charge in [-0.05, 0) is 80.0 Å². The summed E-state index contributed by atoms with van der Waals surface area (Å²) in [4.78, 5) is 10.7. The highest BCUT2D eigenvalue weighted by Crippen LogP contribution is 2.39. The first kappa shape index (κ1) is 30.8. The number of hydrogen-bond donors (Lipinski definition) is 1. The van der Waals surface area contributed by atoms with E-state index in [4.69, 9.17) is 14.4 Å². The Morgan fingerprint density at radius 3 is 1.81 bits per heavy atom. The summed E-state index contributed by atoms with van der Waals surface area (Å²) in [5, 5.41) is 8.15. The zero-order valence-electron chi connectivity index (χ0n) is 28.8. The topological polar surface area (TPSA) is 49.9 Å². The number of amidine groups is 2. The number of para-hydroxylation sites is 1. The summed E-state index contributed by atoms with van der Waals surface area (Å²) in [5.41, 5.74) is 11.4. The van der Waals surface area contributed by atoms with E-state index in [2.05, 4.69) is 163 Å². The van der Waals surface area contributed by atoms with Crippen LogP contribution in [0.3, 0.4) is 0 Å². The van der Waals surface area contributed by atoms with Crippen LogP contribution in [0, 0.1) is 0 Å². The van der Waals surface area contributed by atoms with E-state index >= 15 is 0 Å². The maximum atomic E-state index is 6.56. The van der Waals surface area contributed by atoms with E-state index in [1.807, 2.05) is 30.3 Å². The van der Waals surface area contributed by atoms with Gasteiger partial charge >= 0.3 is 0 Å². The van der Waals surface area contributed by atoms with Gasteiger partial charge in [0, 0.05) is 21.9 Å². The van der Waals surface area contributed by atoms with Crippen molar-refractivity contribution in [2.45, 2.75) is 6.17 Å². The Bertz CT molecular complexity index is 2850. The van der Waals surface area contributed by atoms with Gasteiger partial charge in [0.2, 0.25) is 0 Å². The van der Waals surface area contributed by atoms with Crippen molar-refractivity contribution in [2.75, 3.05) is 0 Å². The highest BCUT2D eigenvalue weighted by molar-refractivity contribution is 6.24. The third-order valence-corrected chi connectivity index (χ3v) is 10.1. The van der Waals surface area contributed by atoms with Gasteiger partial charge in [-0.15, -0.1) is 0 Å². The molecule has 0 spiro atoms. The molecule has 0 aliphatic carbocycles. The van der Waals surface area contributed by atoms with E-state index in [9.17, 15) is 0 Å². The highest BCUT2D eigenvalue weighted by atomic mass is 16.3. The van der Waals surface area contributed by atoms with E-state index in [-0.39, 0.29) is 0 Å². The Kier molecular flexibility index (Phi) is 7.51. The molecule has 0 radical (unpaired) electrons. The molecule has 1 N–H and O–H groups in total. The number of nitrogens with zero attached hydrogens (tertiary/aromatic N) is 2. The van der Waals surface area contributed by atoms with Crippen molar-refractivity contribution in [3.8, 4) is 33.4 Å². The van der Waals surface area contributed by atoms with Crippen molar-refractivity contribution in [3.63, 3.8) is 0 Å². The minimum Gasteiger partial charge on any atom is -0.456 e. The average Bonchev–Trinajstić information content (AvgIpc) is 3.62. The van der Waals surface area contributed by atoms with Crippen molar-refractivity contribution in [3.05, 3.63) is 205 Å². The number of fused-ring (bicyclic) bond motifs is 4. The fraction of sp³-hybridized carbons (Fsp3) is 0.0204. The number of aliphatic imine (C=N–C) groups is 2. The van der Waals surface area contributed by atoms with Crippen LogP contribution in [0.5, 0.6) is 0 Å². The van der Waals surface area contributed by atoms with Crippen molar-refractivity contribution in [1.29, 1.82) is 0 Å². The summed E-state index contributed by atoms with van der Waals surface area (Å²) >= 11 is 0. The van der Waals surface area contributed by atoms with Crippen molar-refractivity contribution >= 4 is 44.4 Å². The first-order chi connectivity index (χ1) is 26.2. The van der Waals surface area contributed by atoms with Crippen molar-refractivity contribution < 1.29 is 4.42 Å². The number of furan rings is 1. The summed E-state index contributed by atoms with van der Waals surface area (Å²) in [6.07, 6.45) is -0.494. The molecule has 1 aliphatic heterocycles. The Labute approximate surface area is 307 Å². The van der Waals surface area contributed by atoms with Crippen molar-refractivity contribution in [1.82, 2.24) is 5.32 Å². The van der Waals surface area contributed by atoms with E-state index in [0.29, 0.717) is 0 Å². The molecule has 4 heteroatoms. The van der Waals surface area contributed by atoms with Crippen LogP contribution in [-0.2, 0) is 0 Å². The lowest BCUT2D eigenvalue weighted by molar-refractivity contribution is 0.669.